The van der Waals surface area contributed by atoms with Gasteiger partial charge in [-0.25, -0.2) is 14.6 Å². The van der Waals surface area contributed by atoms with Crippen molar-refractivity contribution in [3.63, 3.8) is 0 Å². The standard InChI is InChI=1S/C14H10N3O.C7H5O2.Cu/c1-10-7-13(11-5-3-2-4-6-11)15-14-8-12(9-18)16-17(10)14;1-2-4-7-6(3-1)8-5-9-7;/h2-8H,1H3;1,3-4H,5H2;/q2*-1;+2. The maximum absolute atomic E-state index is 10.6. The summed E-state index contributed by atoms with van der Waals surface area (Å²) < 4.78 is 11.7. The summed E-state index contributed by atoms with van der Waals surface area (Å²) in [6.45, 7) is 2.27. The fourth-order valence-electron chi connectivity index (χ4n) is 2.72. The van der Waals surface area contributed by atoms with Crippen LogP contribution in [-0.2, 0) is 21.9 Å². The van der Waals surface area contributed by atoms with Gasteiger partial charge in [-0.05, 0) is 18.7 Å². The van der Waals surface area contributed by atoms with Gasteiger partial charge in [0.15, 0.2) is 0 Å². The van der Waals surface area contributed by atoms with Crippen LogP contribution in [0.5, 0.6) is 11.5 Å². The number of fused-ring (bicyclic) bond motifs is 2. The number of benzene rings is 2. The molecule has 3 heterocycles. The summed E-state index contributed by atoms with van der Waals surface area (Å²) in [5.41, 5.74) is 3.78. The average Bonchev–Trinajstić information content (AvgIpc) is 3.36. The zero-order valence-corrected chi connectivity index (χ0v) is 15.8. The second kappa shape index (κ2) is 8.69. The van der Waals surface area contributed by atoms with E-state index in [2.05, 4.69) is 16.1 Å². The van der Waals surface area contributed by atoms with Crippen LogP contribution in [0.15, 0.2) is 60.7 Å². The van der Waals surface area contributed by atoms with Crippen LogP contribution in [0.4, 0.5) is 0 Å². The molecular formula is C21H15CuN3O3. The number of rotatable bonds is 2. The van der Waals surface area contributed by atoms with Gasteiger partial charge in [0.2, 0.25) is 6.79 Å². The van der Waals surface area contributed by atoms with E-state index >= 15 is 0 Å². The smallest absolute Gasteiger partial charge is 0.516 e. The summed E-state index contributed by atoms with van der Waals surface area (Å²) in [4.78, 5) is 15.1. The zero-order valence-electron chi connectivity index (χ0n) is 14.8. The first kappa shape index (κ1) is 19.6. The Morgan fingerprint density at radius 2 is 1.89 bits per heavy atom. The first-order chi connectivity index (χ1) is 13.2. The van der Waals surface area contributed by atoms with Crippen LogP contribution < -0.4 is 9.47 Å². The molecule has 0 unspecified atom stereocenters. The Kier molecular flexibility index (Phi) is 6.09. The van der Waals surface area contributed by atoms with Crippen molar-refractivity contribution in [2.45, 2.75) is 6.92 Å². The van der Waals surface area contributed by atoms with Crippen molar-refractivity contribution in [3.8, 4) is 22.8 Å². The molecule has 0 spiro atoms. The molecule has 28 heavy (non-hydrogen) atoms. The van der Waals surface area contributed by atoms with Crippen molar-refractivity contribution >= 4 is 11.9 Å². The van der Waals surface area contributed by atoms with Crippen molar-refractivity contribution in [1.82, 2.24) is 14.6 Å². The number of carbonyl (C=O) groups excluding carboxylic acids is 1. The minimum absolute atomic E-state index is 0. The third-order valence-corrected chi connectivity index (χ3v) is 4.00. The maximum Gasteiger partial charge on any atom is 2.00 e. The van der Waals surface area contributed by atoms with Gasteiger partial charge in [0.05, 0.1) is 22.8 Å². The van der Waals surface area contributed by atoms with Crippen molar-refractivity contribution < 1.29 is 31.3 Å². The van der Waals surface area contributed by atoms with Crippen LogP contribution >= 0.6 is 0 Å². The first-order valence-electron chi connectivity index (χ1n) is 8.31. The van der Waals surface area contributed by atoms with E-state index in [9.17, 15) is 4.79 Å². The van der Waals surface area contributed by atoms with Gasteiger partial charge in [0.25, 0.3) is 0 Å². The van der Waals surface area contributed by atoms with Crippen LogP contribution in [0.1, 0.15) is 11.4 Å². The zero-order chi connectivity index (χ0) is 18.6. The monoisotopic (exact) mass is 420 g/mol. The maximum atomic E-state index is 10.6. The number of aromatic nitrogens is 3. The Hall–Kier alpha value is -3.15. The summed E-state index contributed by atoms with van der Waals surface area (Å²) in [6.07, 6.45) is 1.78. The minimum Gasteiger partial charge on any atom is -0.516 e. The predicted molar refractivity (Wildman–Crippen MR) is 99.4 cm³/mol. The van der Waals surface area contributed by atoms with E-state index in [0.29, 0.717) is 12.4 Å². The summed E-state index contributed by atoms with van der Waals surface area (Å²) in [7, 11) is 0. The van der Waals surface area contributed by atoms with E-state index < -0.39 is 0 Å². The van der Waals surface area contributed by atoms with Gasteiger partial charge in [-0.1, -0.05) is 30.3 Å². The van der Waals surface area contributed by atoms with Crippen LogP contribution in [0.2, 0.25) is 0 Å². The van der Waals surface area contributed by atoms with Crippen molar-refractivity contribution in [1.29, 1.82) is 0 Å². The molecule has 0 amide bonds. The number of hydrogen-bond acceptors (Lipinski definition) is 5. The molecule has 0 aliphatic carbocycles. The topological polar surface area (TPSA) is 65.7 Å². The quantitative estimate of drug-likeness (QED) is 0.367. The second-order valence-corrected chi connectivity index (χ2v) is 5.83. The molecule has 1 radical (unpaired) electrons. The third-order valence-electron chi connectivity index (χ3n) is 4.00. The van der Waals surface area contributed by atoms with E-state index in [1.54, 1.807) is 29.0 Å². The van der Waals surface area contributed by atoms with Gasteiger partial charge >= 0.3 is 17.1 Å². The molecule has 1 aliphatic rings. The normalized spacial score (nSPS) is 11.3. The Balaban J connectivity index is 0.000000189. The molecule has 0 fully saturated rings. The Labute approximate surface area is 172 Å². The van der Waals surface area contributed by atoms with Gasteiger partial charge < -0.3 is 14.3 Å². The molecule has 0 saturated carbocycles. The van der Waals surface area contributed by atoms with E-state index in [-0.39, 0.29) is 22.8 Å². The van der Waals surface area contributed by atoms with Crippen LogP contribution in [0.3, 0.4) is 0 Å². The van der Waals surface area contributed by atoms with Crippen LogP contribution in [0.25, 0.3) is 16.9 Å². The third kappa shape index (κ3) is 4.06. The molecule has 1 aliphatic heterocycles. The van der Waals surface area contributed by atoms with E-state index in [4.69, 9.17) is 9.47 Å². The number of aryl methyl sites for hydroxylation is 1. The molecule has 4 aromatic rings. The SMILES string of the molecule is Cc1cc(-c2ccccc2)nc2cc([C-]=O)nn12.[Cu+2].[c-]1ccc2c(c1)OCO2. The summed E-state index contributed by atoms with van der Waals surface area (Å²) in [6, 6.07) is 21.8. The molecule has 143 valence electrons. The molecule has 0 atom stereocenters. The molecule has 2 aromatic carbocycles. The Morgan fingerprint density at radius 1 is 1.11 bits per heavy atom. The Bertz CT molecular complexity index is 1070. The molecule has 0 bridgehead atoms. The molecule has 2 aromatic heterocycles. The Morgan fingerprint density at radius 3 is 2.64 bits per heavy atom. The molecule has 6 nitrogen and oxygen atoms in total. The van der Waals surface area contributed by atoms with Gasteiger partial charge in [0, 0.05) is 17.5 Å². The van der Waals surface area contributed by atoms with Gasteiger partial charge in [0.1, 0.15) is 0 Å². The average molecular weight is 421 g/mol. The van der Waals surface area contributed by atoms with Crippen molar-refractivity contribution in [3.05, 3.63) is 78.1 Å². The fourth-order valence-corrected chi connectivity index (χ4v) is 2.72. The van der Waals surface area contributed by atoms with E-state index in [1.165, 1.54) is 0 Å². The first-order valence-corrected chi connectivity index (χ1v) is 8.31. The minimum atomic E-state index is 0. The van der Waals surface area contributed by atoms with Gasteiger partial charge in [-0.2, -0.15) is 12.1 Å². The predicted octanol–water partition coefficient (Wildman–Crippen LogP) is 3.38. The molecule has 0 N–H and O–H groups in total. The van der Waals surface area contributed by atoms with E-state index in [1.807, 2.05) is 49.4 Å². The van der Waals surface area contributed by atoms with E-state index in [0.717, 1.165) is 28.5 Å². The molecular weight excluding hydrogens is 406 g/mol. The number of hydrogen-bond donors (Lipinski definition) is 0. The second-order valence-electron chi connectivity index (χ2n) is 5.83. The molecule has 5 rings (SSSR count). The summed E-state index contributed by atoms with van der Waals surface area (Å²) in [5.74, 6) is 1.60. The van der Waals surface area contributed by atoms with Crippen LogP contribution in [-0.4, -0.2) is 27.7 Å². The largest absolute Gasteiger partial charge is 2.00 e. The van der Waals surface area contributed by atoms with Crippen molar-refractivity contribution in [2.24, 2.45) is 0 Å². The number of ether oxygens (including phenoxy) is 2. The van der Waals surface area contributed by atoms with Crippen LogP contribution in [0, 0.1) is 13.0 Å². The van der Waals surface area contributed by atoms with Crippen molar-refractivity contribution in [2.75, 3.05) is 6.79 Å². The summed E-state index contributed by atoms with van der Waals surface area (Å²) in [5, 5.41) is 4.10. The fraction of sp³-hybridized carbons (Fsp3) is 0.0952. The van der Waals surface area contributed by atoms with Gasteiger partial charge in [-0.15, -0.1) is 18.2 Å². The number of nitrogens with zero attached hydrogens (tertiary/aromatic N) is 3. The van der Waals surface area contributed by atoms with Gasteiger partial charge in [-0.3, -0.25) is 0 Å². The summed E-state index contributed by atoms with van der Waals surface area (Å²) >= 11 is 0. The molecule has 7 heteroatoms. The molecule has 0 saturated heterocycles.